The van der Waals surface area contributed by atoms with Gasteiger partial charge in [-0.1, -0.05) is 23.7 Å². The predicted molar refractivity (Wildman–Crippen MR) is 255 cm³/mol. The Morgan fingerprint density at radius 1 is 0.866 bits per heavy atom. The number of urea groups is 1. The molecule has 3 amide bonds. The number of hydrogen-bond acceptors (Lipinski definition) is 12. The van der Waals surface area contributed by atoms with E-state index in [1.165, 1.54) is 49.6 Å². The van der Waals surface area contributed by atoms with Crippen LogP contribution in [0, 0.1) is 11.6 Å². The summed E-state index contributed by atoms with van der Waals surface area (Å²) in [6, 6.07) is 20.6. The van der Waals surface area contributed by atoms with Crippen molar-refractivity contribution in [2.45, 2.75) is 6.42 Å². The number of phenolic OH excluding ortho intramolecular Hbond substituents is 2. The average molecular weight is 932 g/mol. The molecule has 2 aliphatic heterocycles. The van der Waals surface area contributed by atoms with Crippen molar-refractivity contribution in [1.82, 2.24) is 20.2 Å². The van der Waals surface area contributed by atoms with Gasteiger partial charge >= 0.3 is 12.0 Å². The molecule has 8 rings (SSSR count). The molecule has 2 aromatic heterocycles. The normalized spacial score (nSPS) is 13.8. The third-order valence-corrected chi connectivity index (χ3v) is 12.1. The summed E-state index contributed by atoms with van der Waals surface area (Å²) < 4.78 is 36.5. The fraction of sp³-hybridized carbons (Fsp3) is 0.245. The Morgan fingerprint density at radius 3 is 2.16 bits per heavy atom. The zero-order valence-corrected chi connectivity index (χ0v) is 37.7. The van der Waals surface area contributed by atoms with Gasteiger partial charge in [-0.2, -0.15) is 0 Å². The van der Waals surface area contributed by atoms with Gasteiger partial charge in [-0.25, -0.2) is 28.3 Å². The first kappa shape index (κ1) is 46.2. The Kier molecular flexibility index (Phi) is 13.5. The van der Waals surface area contributed by atoms with Crippen molar-refractivity contribution in [2.75, 3.05) is 93.6 Å². The minimum absolute atomic E-state index is 0.103. The number of ether oxygens (including phenoxy) is 1. The predicted octanol–water partition coefficient (Wildman–Crippen LogP) is 7.13. The highest BCUT2D eigenvalue weighted by molar-refractivity contribution is 6.34. The van der Waals surface area contributed by atoms with Crippen LogP contribution in [-0.2, 0) is 16.0 Å². The lowest BCUT2D eigenvalue weighted by atomic mass is 9.94. The molecule has 0 aliphatic carbocycles. The van der Waals surface area contributed by atoms with Crippen LogP contribution in [0.1, 0.15) is 16.1 Å². The van der Waals surface area contributed by atoms with Gasteiger partial charge in [0.15, 0.2) is 0 Å². The second kappa shape index (κ2) is 19.6. The van der Waals surface area contributed by atoms with Crippen molar-refractivity contribution in [1.29, 1.82) is 0 Å². The van der Waals surface area contributed by atoms with Crippen molar-refractivity contribution < 1.29 is 38.1 Å². The van der Waals surface area contributed by atoms with E-state index in [1.807, 2.05) is 6.07 Å². The summed E-state index contributed by atoms with van der Waals surface area (Å²) in [5, 5.41) is 29.5. The first-order chi connectivity index (χ1) is 32.2. The number of piperazine rings is 1. The molecular weight excluding hydrogens is 884 g/mol. The number of pyridine rings is 2. The smallest absolute Gasteiger partial charge is 0.337 e. The molecule has 67 heavy (non-hydrogen) atoms. The number of carbonyl (C=O) groups is 3. The highest BCUT2D eigenvalue weighted by atomic mass is 35.5. The number of benzene rings is 4. The summed E-state index contributed by atoms with van der Waals surface area (Å²) in [6.07, 6.45) is 1.27. The summed E-state index contributed by atoms with van der Waals surface area (Å²) in [5.41, 5.74) is 8.76. The minimum atomic E-state index is -0.824. The van der Waals surface area contributed by atoms with E-state index in [0.717, 1.165) is 32.2 Å². The van der Waals surface area contributed by atoms with Gasteiger partial charge in [0, 0.05) is 94.9 Å². The fourth-order valence-electron chi connectivity index (χ4n) is 8.23. The van der Waals surface area contributed by atoms with Crippen LogP contribution in [-0.4, -0.2) is 117 Å². The molecule has 0 radical (unpaired) electrons. The van der Waals surface area contributed by atoms with Gasteiger partial charge in [0.25, 0.3) is 0 Å². The number of aromatic hydroxyl groups is 2. The van der Waals surface area contributed by atoms with Gasteiger partial charge in [0.1, 0.15) is 34.8 Å². The third kappa shape index (κ3) is 9.79. The minimum Gasteiger partial charge on any atom is -0.507 e. The van der Waals surface area contributed by atoms with Crippen LogP contribution in [0.3, 0.4) is 0 Å². The molecule has 2 aliphatic rings. The van der Waals surface area contributed by atoms with E-state index < -0.39 is 23.5 Å². The molecular formula is C49H48ClF2N9O6. The first-order valence-corrected chi connectivity index (χ1v) is 21.9. The van der Waals surface area contributed by atoms with Crippen LogP contribution in [0.4, 0.5) is 36.6 Å². The van der Waals surface area contributed by atoms with Gasteiger partial charge in [0.05, 0.1) is 41.2 Å². The maximum absolute atomic E-state index is 16.0. The van der Waals surface area contributed by atoms with Crippen LogP contribution in [0.5, 0.6) is 11.5 Å². The van der Waals surface area contributed by atoms with Gasteiger partial charge in [-0.3, -0.25) is 9.69 Å². The molecule has 0 spiro atoms. The molecule has 4 aromatic carbocycles. The van der Waals surface area contributed by atoms with E-state index in [4.69, 9.17) is 22.1 Å². The molecule has 6 aromatic rings. The number of methoxy groups -OCH3 is 1. The first-order valence-electron chi connectivity index (χ1n) is 21.5. The zero-order chi connectivity index (χ0) is 47.5. The van der Waals surface area contributed by atoms with E-state index in [0.29, 0.717) is 59.2 Å². The lowest BCUT2D eigenvalue weighted by Gasteiger charge is -2.28. The van der Waals surface area contributed by atoms with Gasteiger partial charge in [-0.05, 0) is 95.1 Å². The highest BCUT2D eigenvalue weighted by Gasteiger charge is 2.29. The number of carbonyl (C=O) groups excluding carboxylic acids is 3. The van der Waals surface area contributed by atoms with Crippen LogP contribution in [0.2, 0.25) is 5.02 Å². The number of esters is 1. The van der Waals surface area contributed by atoms with Crippen LogP contribution in [0.15, 0.2) is 91.1 Å². The number of anilines is 4. The van der Waals surface area contributed by atoms with E-state index >= 15 is 8.78 Å². The Hall–Kier alpha value is -7.34. The summed E-state index contributed by atoms with van der Waals surface area (Å²) in [5.74, 6) is -2.18. The number of halogens is 3. The molecule has 346 valence electrons. The molecule has 15 nitrogen and oxygen atoms in total. The molecule has 18 heteroatoms. The number of phenols is 2. The number of likely N-dealkylation sites (N-methyl/N-ethyl adjacent to an activating group) is 2. The fourth-order valence-corrected chi connectivity index (χ4v) is 8.51. The van der Waals surface area contributed by atoms with Crippen molar-refractivity contribution in [3.63, 3.8) is 0 Å². The van der Waals surface area contributed by atoms with Crippen LogP contribution >= 0.6 is 11.6 Å². The maximum Gasteiger partial charge on any atom is 0.337 e. The Morgan fingerprint density at radius 2 is 1.52 bits per heavy atom. The monoisotopic (exact) mass is 931 g/mol. The summed E-state index contributed by atoms with van der Waals surface area (Å²) in [7, 11) is 4.68. The Bertz CT molecular complexity index is 2900. The van der Waals surface area contributed by atoms with E-state index in [2.05, 4.69) is 25.5 Å². The molecule has 2 fully saturated rings. The second-order valence-electron chi connectivity index (χ2n) is 16.3. The van der Waals surface area contributed by atoms with Gasteiger partial charge in [0.2, 0.25) is 5.91 Å². The Balaban J connectivity index is 1.07. The third-order valence-electron chi connectivity index (χ3n) is 11.8. The summed E-state index contributed by atoms with van der Waals surface area (Å²) >= 11 is 6.66. The number of nitrogens with two attached hydrogens (primary N) is 1. The van der Waals surface area contributed by atoms with Crippen LogP contribution < -0.4 is 31.1 Å². The zero-order valence-electron chi connectivity index (χ0n) is 36.9. The lowest BCUT2D eigenvalue weighted by molar-refractivity contribution is -0.115. The maximum atomic E-state index is 16.0. The second-order valence-corrected chi connectivity index (χ2v) is 16.7. The van der Waals surface area contributed by atoms with E-state index in [1.54, 1.807) is 65.3 Å². The van der Waals surface area contributed by atoms with Crippen molar-refractivity contribution in [2.24, 2.45) is 5.73 Å². The van der Waals surface area contributed by atoms with E-state index in [-0.39, 0.29) is 74.7 Å². The van der Waals surface area contributed by atoms with Gasteiger partial charge < -0.3 is 46.0 Å². The summed E-state index contributed by atoms with van der Waals surface area (Å²) in [4.78, 5) is 55.3. The number of rotatable bonds is 13. The number of aromatic nitrogens is 2. The standard InChI is InChI=1S/C49H48ClF2N9O6/c1-58(13-9-53)44-24-31(38-26-33(51)25-37(47(38)64)28-5-7-42(39(50)21-28)61-17-16-59(2)49(61)66)18-34(56-44)27-45(62)57-41-6-4-29(22-40(41)52)35-19-32(48(65)67-3)20-36(46(35)63)30-8-10-55-43(23-30)60-14-11-54-12-15-60/h4-8,10,18-26,54,63-64H,9,11-17,27,53H2,1-3H3,(H,57,62). The molecule has 2 saturated heterocycles. The number of nitrogens with one attached hydrogen (secondary N) is 2. The molecule has 0 saturated carbocycles. The van der Waals surface area contributed by atoms with Crippen molar-refractivity contribution in [3.05, 3.63) is 119 Å². The topological polar surface area (TPSA) is 190 Å². The molecule has 0 bridgehead atoms. The lowest BCUT2D eigenvalue weighted by Crippen LogP contribution is -2.43. The Labute approximate surface area is 390 Å². The quantitative estimate of drug-likeness (QED) is 0.0739. The SMILES string of the molecule is COC(=O)c1cc(-c2ccnc(N3CCNCC3)c2)c(O)c(-c2ccc(NC(=O)Cc3cc(-c4cc(F)cc(-c5ccc(N6CCN(C)C6=O)c(Cl)c5)c4O)cc(N(C)CCN)n3)c(F)c2)c1. The molecule has 6 N–H and O–H groups in total. The average Bonchev–Trinajstić information content (AvgIpc) is 3.66. The van der Waals surface area contributed by atoms with Gasteiger partial charge in [-0.15, -0.1) is 0 Å². The summed E-state index contributed by atoms with van der Waals surface area (Å²) in [6.45, 7) is 4.69. The number of hydrogen-bond donors (Lipinski definition) is 5. The largest absolute Gasteiger partial charge is 0.507 e. The molecule has 0 atom stereocenters. The molecule has 0 unspecified atom stereocenters. The number of nitrogens with zero attached hydrogens (tertiary/aromatic N) is 6. The van der Waals surface area contributed by atoms with Crippen molar-refractivity contribution in [3.8, 4) is 56.0 Å². The van der Waals surface area contributed by atoms with E-state index in [9.17, 15) is 24.6 Å². The number of amides is 3. The molecule has 4 heterocycles. The van der Waals surface area contributed by atoms with Crippen molar-refractivity contribution >= 4 is 52.5 Å². The highest BCUT2D eigenvalue weighted by Crippen LogP contribution is 2.43. The van der Waals surface area contributed by atoms with Crippen LogP contribution in [0.25, 0.3) is 44.5 Å².